The molecule has 0 aromatic heterocycles. The minimum Gasteiger partial charge on any atom is -0.482 e. The fourth-order valence-electron chi connectivity index (χ4n) is 2.61. The number of benzene rings is 3. The third-order valence-corrected chi connectivity index (χ3v) is 3.99. The van der Waals surface area contributed by atoms with Crippen molar-refractivity contribution in [2.24, 2.45) is 0 Å². The number of rotatable bonds is 7. The first kappa shape index (κ1) is 18.4. The molecule has 0 aliphatic heterocycles. The Morgan fingerprint density at radius 1 is 0.815 bits per heavy atom. The van der Waals surface area contributed by atoms with Gasteiger partial charge in [-0.15, -0.1) is 0 Å². The number of ether oxygens (including phenoxy) is 2. The summed E-state index contributed by atoms with van der Waals surface area (Å²) in [7, 11) is 0. The number of carbonyl (C=O) groups excluding carboxylic acids is 2. The van der Waals surface area contributed by atoms with Crippen LogP contribution in [0, 0.1) is 6.92 Å². The number of hydrogen-bond acceptors (Lipinski definition) is 4. The van der Waals surface area contributed by atoms with E-state index in [0.29, 0.717) is 16.9 Å². The van der Waals surface area contributed by atoms with Crippen LogP contribution in [-0.2, 0) is 16.1 Å². The lowest BCUT2D eigenvalue weighted by Crippen LogP contribution is -2.14. The van der Waals surface area contributed by atoms with E-state index in [4.69, 9.17) is 9.47 Å². The number of aryl methyl sites for hydroxylation is 1. The van der Waals surface area contributed by atoms with E-state index in [9.17, 15) is 9.59 Å². The van der Waals surface area contributed by atoms with E-state index >= 15 is 0 Å². The zero-order valence-electron chi connectivity index (χ0n) is 15.1. The van der Waals surface area contributed by atoms with Crippen molar-refractivity contribution in [3.63, 3.8) is 0 Å². The molecule has 0 atom stereocenters. The van der Waals surface area contributed by atoms with E-state index in [1.54, 1.807) is 36.4 Å². The van der Waals surface area contributed by atoms with Gasteiger partial charge in [0, 0.05) is 11.1 Å². The molecule has 3 aromatic carbocycles. The summed E-state index contributed by atoms with van der Waals surface area (Å²) in [6.45, 7) is 2.02. The van der Waals surface area contributed by atoms with Gasteiger partial charge in [-0.05, 0) is 36.8 Å². The molecular formula is C23H20O4. The molecule has 0 N–H and O–H groups in total. The summed E-state index contributed by atoms with van der Waals surface area (Å²) < 4.78 is 10.6. The fraction of sp³-hybridized carbons (Fsp3) is 0.130. The van der Waals surface area contributed by atoms with Gasteiger partial charge in [0.15, 0.2) is 12.4 Å². The summed E-state index contributed by atoms with van der Waals surface area (Å²) in [6, 6.07) is 23.6. The van der Waals surface area contributed by atoms with Gasteiger partial charge in [-0.25, -0.2) is 4.79 Å². The van der Waals surface area contributed by atoms with Crippen molar-refractivity contribution >= 4 is 11.8 Å². The van der Waals surface area contributed by atoms with Gasteiger partial charge in [0.2, 0.25) is 0 Å². The Balaban J connectivity index is 1.49. The number of esters is 1. The molecule has 0 aliphatic rings. The molecule has 0 saturated heterocycles. The lowest BCUT2D eigenvalue weighted by Gasteiger charge is -2.08. The van der Waals surface area contributed by atoms with Crippen LogP contribution in [0.1, 0.15) is 27.0 Å². The minimum atomic E-state index is -0.444. The Morgan fingerprint density at radius 2 is 1.52 bits per heavy atom. The Kier molecular flexibility index (Phi) is 6.00. The highest BCUT2D eigenvalue weighted by Crippen LogP contribution is 2.15. The van der Waals surface area contributed by atoms with Crippen LogP contribution in [-0.4, -0.2) is 18.4 Å². The largest absolute Gasteiger partial charge is 0.482 e. The van der Waals surface area contributed by atoms with E-state index in [1.165, 1.54) is 0 Å². The van der Waals surface area contributed by atoms with Crippen molar-refractivity contribution in [3.8, 4) is 5.75 Å². The molecule has 4 nitrogen and oxygen atoms in total. The first-order valence-corrected chi connectivity index (χ1v) is 8.65. The molecule has 3 rings (SSSR count). The normalized spacial score (nSPS) is 10.3. The van der Waals surface area contributed by atoms with E-state index in [2.05, 4.69) is 0 Å². The van der Waals surface area contributed by atoms with Gasteiger partial charge in [0.25, 0.3) is 0 Å². The quantitative estimate of drug-likeness (QED) is 0.464. The molecule has 136 valence electrons. The van der Waals surface area contributed by atoms with Gasteiger partial charge < -0.3 is 9.47 Å². The third-order valence-electron chi connectivity index (χ3n) is 3.99. The summed E-state index contributed by atoms with van der Waals surface area (Å²) in [5.74, 6) is 0.00720. The van der Waals surface area contributed by atoms with Gasteiger partial charge in [0.05, 0.1) is 0 Å². The van der Waals surface area contributed by atoms with Crippen LogP contribution in [0.15, 0.2) is 78.9 Å². The molecule has 0 aliphatic carbocycles. The van der Waals surface area contributed by atoms with Crippen LogP contribution >= 0.6 is 0 Å². The predicted molar refractivity (Wildman–Crippen MR) is 103 cm³/mol. The van der Waals surface area contributed by atoms with Gasteiger partial charge in [-0.1, -0.05) is 60.2 Å². The van der Waals surface area contributed by atoms with Crippen LogP contribution in [0.3, 0.4) is 0 Å². The molecule has 0 unspecified atom stereocenters. The zero-order chi connectivity index (χ0) is 19.1. The smallest absolute Gasteiger partial charge is 0.344 e. The van der Waals surface area contributed by atoms with Crippen molar-refractivity contribution in [1.29, 1.82) is 0 Å². The maximum Gasteiger partial charge on any atom is 0.344 e. The third kappa shape index (κ3) is 5.28. The van der Waals surface area contributed by atoms with Gasteiger partial charge in [0.1, 0.15) is 12.4 Å². The highest BCUT2D eigenvalue weighted by molar-refractivity contribution is 6.08. The van der Waals surface area contributed by atoms with Crippen molar-refractivity contribution in [2.45, 2.75) is 13.5 Å². The maximum atomic E-state index is 12.4. The van der Waals surface area contributed by atoms with Gasteiger partial charge >= 0.3 is 5.97 Å². The van der Waals surface area contributed by atoms with Crippen LogP contribution in [0.2, 0.25) is 0 Å². The Labute approximate surface area is 158 Å². The standard InChI is InChI=1S/C23H20O4/c1-17-6-5-7-18(14-17)15-27-22(24)16-26-21-12-10-20(11-13-21)23(25)19-8-3-2-4-9-19/h2-14H,15-16H2,1H3. The van der Waals surface area contributed by atoms with E-state index in [0.717, 1.165) is 11.1 Å². The molecule has 0 amide bonds. The molecule has 0 bridgehead atoms. The molecule has 0 radical (unpaired) electrons. The monoisotopic (exact) mass is 360 g/mol. The number of ketones is 1. The summed E-state index contributed by atoms with van der Waals surface area (Å²) in [5, 5.41) is 0. The summed E-state index contributed by atoms with van der Waals surface area (Å²) in [5.41, 5.74) is 3.25. The van der Waals surface area contributed by atoms with Crippen LogP contribution in [0.25, 0.3) is 0 Å². The minimum absolute atomic E-state index is 0.0558. The second-order valence-corrected chi connectivity index (χ2v) is 6.16. The van der Waals surface area contributed by atoms with Crippen LogP contribution in [0.4, 0.5) is 0 Å². The topological polar surface area (TPSA) is 52.6 Å². The molecule has 0 fully saturated rings. The van der Waals surface area contributed by atoms with Crippen molar-refractivity contribution < 1.29 is 19.1 Å². The lowest BCUT2D eigenvalue weighted by molar-refractivity contribution is -0.147. The summed E-state index contributed by atoms with van der Waals surface area (Å²) in [6.07, 6.45) is 0. The molecule has 0 saturated carbocycles. The Hall–Kier alpha value is -3.40. The molecule has 0 heterocycles. The van der Waals surface area contributed by atoms with Crippen molar-refractivity contribution in [2.75, 3.05) is 6.61 Å². The Bertz CT molecular complexity index is 915. The maximum absolute atomic E-state index is 12.4. The molecular weight excluding hydrogens is 340 g/mol. The molecule has 27 heavy (non-hydrogen) atoms. The van der Waals surface area contributed by atoms with Crippen LogP contribution < -0.4 is 4.74 Å². The SMILES string of the molecule is Cc1cccc(COC(=O)COc2ccc(C(=O)c3ccccc3)cc2)c1. The molecule has 3 aromatic rings. The summed E-state index contributed by atoms with van der Waals surface area (Å²) >= 11 is 0. The lowest BCUT2D eigenvalue weighted by atomic mass is 10.0. The molecule has 4 heteroatoms. The van der Waals surface area contributed by atoms with E-state index in [-0.39, 0.29) is 19.0 Å². The average Bonchev–Trinajstić information content (AvgIpc) is 2.71. The average molecular weight is 360 g/mol. The van der Waals surface area contributed by atoms with E-state index < -0.39 is 5.97 Å². The number of carbonyl (C=O) groups is 2. The predicted octanol–water partition coefficient (Wildman–Crippen LogP) is 4.35. The van der Waals surface area contributed by atoms with Gasteiger partial charge in [-0.3, -0.25) is 4.79 Å². The Morgan fingerprint density at radius 3 is 2.22 bits per heavy atom. The molecule has 0 spiro atoms. The first-order chi connectivity index (χ1) is 13.1. The highest BCUT2D eigenvalue weighted by atomic mass is 16.6. The second-order valence-electron chi connectivity index (χ2n) is 6.16. The highest BCUT2D eigenvalue weighted by Gasteiger charge is 2.09. The van der Waals surface area contributed by atoms with Crippen molar-refractivity contribution in [1.82, 2.24) is 0 Å². The first-order valence-electron chi connectivity index (χ1n) is 8.65. The number of hydrogen-bond donors (Lipinski definition) is 0. The van der Waals surface area contributed by atoms with Crippen LogP contribution in [0.5, 0.6) is 5.75 Å². The van der Waals surface area contributed by atoms with E-state index in [1.807, 2.05) is 49.4 Å². The van der Waals surface area contributed by atoms with Gasteiger partial charge in [-0.2, -0.15) is 0 Å². The van der Waals surface area contributed by atoms with Crippen molar-refractivity contribution in [3.05, 3.63) is 101 Å². The summed E-state index contributed by atoms with van der Waals surface area (Å²) in [4.78, 5) is 24.2. The zero-order valence-corrected chi connectivity index (χ0v) is 15.1. The fourth-order valence-corrected chi connectivity index (χ4v) is 2.61. The second kappa shape index (κ2) is 8.81.